The van der Waals surface area contributed by atoms with E-state index in [4.69, 9.17) is 0 Å². The SMILES string of the molecule is O=C(Nc1cnns1)[C@H]1Cc2ccccc2CN1. The highest BCUT2D eigenvalue weighted by Crippen LogP contribution is 2.17. The summed E-state index contributed by atoms with van der Waals surface area (Å²) in [6.07, 6.45) is 2.27. The van der Waals surface area contributed by atoms with Crippen LogP contribution in [0.2, 0.25) is 0 Å². The minimum Gasteiger partial charge on any atom is -0.314 e. The van der Waals surface area contributed by atoms with Gasteiger partial charge in [0.25, 0.3) is 0 Å². The third-order valence-corrected chi connectivity index (χ3v) is 3.59. The van der Waals surface area contributed by atoms with Crippen molar-refractivity contribution in [2.45, 2.75) is 19.0 Å². The molecule has 2 N–H and O–H groups in total. The first-order valence-corrected chi connectivity index (χ1v) is 6.48. The van der Waals surface area contributed by atoms with Crippen molar-refractivity contribution in [1.82, 2.24) is 14.9 Å². The van der Waals surface area contributed by atoms with Gasteiger partial charge in [-0.2, -0.15) is 0 Å². The Kier molecular flexibility index (Phi) is 3.04. The number of aromatic nitrogens is 2. The van der Waals surface area contributed by atoms with Crippen LogP contribution in [-0.2, 0) is 17.8 Å². The summed E-state index contributed by atoms with van der Waals surface area (Å²) in [5.74, 6) is -0.0319. The molecule has 0 bridgehead atoms. The van der Waals surface area contributed by atoms with Crippen molar-refractivity contribution in [2.24, 2.45) is 0 Å². The molecule has 0 saturated heterocycles. The summed E-state index contributed by atoms with van der Waals surface area (Å²) in [7, 11) is 0. The molecule has 0 saturated carbocycles. The van der Waals surface area contributed by atoms with Crippen molar-refractivity contribution in [3.05, 3.63) is 41.6 Å². The zero-order valence-corrected chi connectivity index (χ0v) is 10.4. The van der Waals surface area contributed by atoms with Gasteiger partial charge in [-0.15, -0.1) is 5.10 Å². The monoisotopic (exact) mass is 260 g/mol. The number of nitrogens with one attached hydrogen (secondary N) is 2. The maximum atomic E-state index is 12.1. The molecule has 3 rings (SSSR count). The van der Waals surface area contributed by atoms with Gasteiger partial charge in [-0.25, -0.2) is 0 Å². The fraction of sp³-hybridized carbons (Fsp3) is 0.250. The second-order valence-corrected chi connectivity index (χ2v) is 4.96. The van der Waals surface area contributed by atoms with Crippen LogP contribution in [0.25, 0.3) is 0 Å². The van der Waals surface area contributed by atoms with Crippen molar-refractivity contribution < 1.29 is 4.79 Å². The van der Waals surface area contributed by atoms with Crippen molar-refractivity contribution in [2.75, 3.05) is 5.32 Å². The normalized spacial score (nSPS) is 18.1. The Morgan fingerprint density at radius 3 is 3.00 bits per heavy atom. The second kappa shape index (κ2) is 4.83. The Balaban J connectivity index is 1.70. The smallest absolute Gasteiger partial charge is 0.242 e. The van der Waals surface area contributed by atoms with Crippen LogP contribution < -0.4 is 10.6 Å². The van der Waals surface area contributed by atoms with Crippen LogP contribution in [0.15, 0.2) is 30.5 Å². The molecular weight excluding hydrogens is 248 g/mol. The molecular formula is C12H12N4OS. The molecule has 1 amide bonds. The van der Waals surface area contributed by atoms with E-state index >= 15 is 0 Å². The topological polar surface area (TPSA) is 66.9 Å². The van der Waals surface area contributed by atoms with Crippen LogP contribution in [-0.4, -0.2) is 21.5 Å². The molecule has 2 heterocycles. The van der Waals surface area contributed by atoms with Gasteiger partial charge < -0.3 is 10.6 Å². The van der Waals surface area contributed by atoms with E-state index in [1.54, 1.807) is 6.20 Å². The minimum absolute atomic E-state index is 0.0319. The molecule has 1 aliphatic heterocycles. The number of carbonyl (C=O) groups excluding carboxylic acids is 1. The molecule has 92 valence electrons. The van der Waals surface area contributed by atoms with Crippen molar-refractivity contribution >= 4 is 22.4 Å². The standard InChI is InChI=1S/C12H12N4OS/c17-12(15-11-7-14-16-18-11)10-5-8-3-1-2-4-9(8)6-13-10/h1-4,7,10,13H,5-6H2,(H,15,17)/t10-/m1/s1. The summed E-state index contributed by atoms with van der Waals surface area (Å²) in [5.41, 5.74) is 2.50. The van der Waals surface area contributed by atoms with Gasteiger partial charge in [-0.1, -0.05) is 28.8 Å². The molecule has 1 aromatic heterocycles. The zero-order chi connectivity index (χ0) is 12.4. The number of fused-ring (bicyclic) bond motifs is 1. The molecule has 0 unspecified atom stereocenters. The van der Waals surface area contributed by atoms with E-state index in [0.29, 0.717) is 11.4 Å². The Bertz CT molecular complexity index is 555. The predicted molar refractivity (Wildman–Crippen MR) is 69.3 cm³/mol. The summed E-state index contributed by atoms with van der Waals surface area (Å²) in [5, 5.41) is 10.4. The largest absolute Gasteiger partial charge is 0.314 e. The summed E-state index contributed by atoms with van der Waals surface area (Å²) < 4.78 is 3.71. The molecule has 18 heavy (non-hydrogen) atoms. The van der Waals surface area contributed by atoms with E-state index < -0.39 is 0 Å². The predicted octanol–water partition coefficient (Wildman–Crippen LogP) is 1.19. The Morgan fingerprint density at radius 1 is 1.39 bits per heavy atom. The highest BCUT2D eigenvalue weighted by molar-refractivity contribution is 7.10. The average Bonchev–Trinajstić information content (AvgIpc) is 2.91. The Hall–Kier alpha value is -1.79. The maximum absolute atomic E-state index is 12.1. The van der Waals surface area contributed by atoms with E-state index in [-0.39, 0.29) is 11.9 Å². The van der Waals surface area contributed by atoms with Crippen LogP contribution in [0.4, 0.5) is 5.00 Å². The lowest BCUT2D eigenvalue weighted by molar-refractivity contribution is -0.118. The number of amides is 1. The van der Waals surface area contributed by atoms with Gasteiger partial charge in [-0.05, 0) is 17.5 Å². The van der Waals surface area contributed by atoms with Gasteiger partial charge in [0.15, 0.2) is 0 Å². The van der Waals surface area contributed by atoms with Crippen molar-refractivity contribution in [1.29, 1.82) is 0 Å². The summed E-state index contributed by atoms with van der Waals surface area (Å²) >= 11 is 1.18. The van der Waals surface area contributed by atoms with Gasteiger partial charge in [0.1, 0.15) is 5.00 Å². The summed E-state index contributed by atoms with van der Waals surface area (Å²) in [6.45, 7) is 0.731. The quantitative estimate of drug-likeness (QED) is 0.851. The minimum atomic E-state index is -0.193. The van der Waals surface area contributed by atoms with Gasteiger partial charge in [0, 0.05) is 18.1 Å². The fourth-order valence-corrected chi connectivity index (χ4v) is 2.49. The fourth-order valence-electron chi connectivity index (χ4n) is 2.07. The molecule has 0 fully saturated rings. The molecule has 5 nitrogen and oxygen atoms in total. The van der Waals surface area contributed by atoms with E-state index in [0.717, 1.165) is 6.54 Å². The Morgan fingerprint density at radius 2 is 2.22 bits per heavy atom. The number of anilines is 1. The average molecular weight is 260 g/mol. The van der Waals surface area contributed by atoms with Crippen molar-refractivity contribution in [3.63, 3.8) is 0 Å². The van der Waals surface area contributed by atoms with Gasteiger partial charge in [0.2, 0.25) is 5.91 Å². The first-order chi connectivity index (χ1) is 8.83. The van der Waals surface area contributed by atoms with Crippen LogP contribution >= 0.6 is 11.5 Å². The Labute approximate surface area is 108 Å². The zero-order valence-electron chi connectivity index (χ0n) is 9.59. The summed E-state index contributed by atoms with van der Waals surface area (Å²) in [6, 6.07) is 7.99. The highest BCUT2D eigenvalue weighted by Gasteiger charge is 2.24. The molecule has 0 spiro atoms. The number of hydrogen-bond acceptors (Lipinski definition) is 5. The van der Waals surface area contributed by atoms with Crippen LogP contribution in [0.3, 0.4) is 0 Å². The molecule has 0 radical (unpaired) electrons. The molecule has 2 aromatic rings. The highest BCUT2D eigenvalue weighted by atomic mass is 32.1. The number of benzene rings is 1. The number of hydrogen-bond donors (Lipinski definition) is 2. The molecule has 1 aliphatic rings. The number of carbonyl (C=O) groups is 1. The number of nitrogens with zero attached hydrogens (tertiary/aromatic N) is 2. The molecule has 0 aliphatic carbocycles. The van der Waals surface area contributed by atoms with E-state index in [2.05, 4.69) is 32.4 Å². The van der Waals surface area contributed by atoms with Gasteiger partial charge in [-0.3, -0.25) is 4.79 Å². The van der Waals surface area contributed by atoms with E-state index in [9.17, 15) is 4.79 Å². The first kappa shape index (κ1) is 11.3. The number of rotatable bonds is 2. The first-order valence-electron chi connectivity index (χ1n) is 5.71. The molecule has 1 atom stereocenters. The van der Waals surface area contributed by atoms with Crippen LogP contribution in [0.5, 0.6) is 0 Å². The van der Waals surface area contributed by atoms with Gasteiger partial charge >= 0.3 is 0 Å². The van der Waals surface area contributed by atoms with Crippen molar-refractivity contribution in [3.8, 4) is 0 Å². The van der Waals surface area contributed by atoms with Gasteiger partial charge in [0.05, 0.1) is 12.2 Å². The van der Waals surface area contributed by atoms with Crippen LogP contribution in [0, 0.1) is 0 Å². The molecule has 1 aromatic carbocycles. The third kappa shape index (κ3) is 2.25. The summed E-state index contributed by atoms with van der Waals surface area (Å²) in [4.78, 5) is 12.1. The van der Waals surface area contributed by atoms with Crippen LogP contribution in [0.1, 0.15) is 11.1 Å². The molecule has 6 heteroatoms. The van der Waals surface area contributed by atoms with E-state index in [1.807, 2.05) is 12.1 Å². The van der Waals surface area contributed by atoms with E-state index in [1.165, 1.54) is 22.7 Å². The third-order valence-electron chi connectivity index (χ3n) is 3.01. The lowest BCUT2D eigenvalue weighted by Gasteiger charge is -2.24. The second-order valence-electron chi connectivity index (χ2n) is 4.18. The lowest BCUT2D eigenvalue weighted by Crippen LogP contribution is -2.44. The maximum Gasteiger partial charge on any atom is 0.242 e. The lowest BCUT2D eigenvalue weighted by atomic mass is 9.95.